The molecule has 1 fully saturated rings. The zero-order valence-electron chi connectivity index (χ0n) is 12.6. The predicted molar refractivity (Wildman–Crippen MR) is 79.1 cm³/mol. The van der Waals surface area contributed by atoms with Crippen molar-refractivity contribution >= 4 is 5.95 Å². The molecule has 2 aromatic heterocycles. The summed E-state index contributed by atoms with van der Waals surface area (Å²) in [6.45, 7) is 6.16. The summed E-state index contributed by atoms with van der Waals surface area (Å²) in [5, 5.41) is 8.38. The van der Waals surface area contributed by atoms with Gasteiger partial charge in [-0.25, -0.2) is 9.97 Å². The van der Waals surface area contributed by atoms with Gasteiger partial charge in [-0.3, -0.25) is 0 Å². The SMILES string of the molecule is CC(C)Cc1nnc(C2CCN(c3ncccn3)CC2)o1. The average Bonchev–Trinajstić information content (AvgIpc) is 2.96. The van der Waals surface area contributed by atoms with Gasteiger partial charge in [-0.15, -0.1) is 10.2 Å². The molecule has 0 saturated carbocycles. The summed E-state index contributed by atoms with van der Waals surface area (Å²) in [5.74, 6) is 3.25. The lowest BCUT2D eigenvalue weighted by Crippen LogP contribution is -2.34. The molecule has 0 N–H and O–H groups in total. The number of piperidine rings is 1. The molecule has 1 saturated heterocycles. The molecule has 1 aliphatic heterocycles. The lowest BCUT2D eigenvalue weighted by molar-refractivity contribution is 0.366. The van der Waals surface area contributed by atoms with Crippen LogP contribution in [0.1, 0.15) is 44.4 Å². The molecule has 2 aromatic rings. The van der Waals surface area contributed by atoms with E-state index in [1.807, 2.05) is 6.07 Å². The maximum atomic E-state index is 5.80. The summed E-state index contributed by atoms with van der Waals surface area (Å²) >= 11 is 0. The summed E-state index contributed by atoms with van der Waals surface area (Å²) in [5.41, 5.74) is 0. The smallest absolute Gasteiger partial charge is 0.225 e. The van der Waals surface area contributed by atoms with Crippen LogP contribution < -0.4 is 4.90 Å². The Morgan fingerprint density at radius 2 is 1.90 bits per heavy atom. The van der Waals surface area contributed by atoms with Crippen molar-refractivity contribution in [1.29, 1.82) is 0 Å². The molecule has 3 rings (SSSR count). The fourth-order valence-corrected chi connectivity index (χ4v) is 2.64. The van der Waals surface area contributed by atoms with Gasteiger partial charge in [-0.1, -0.05) is 13.8 Å². The third-order valence-corrected chi connectivity index (χ3v) is 3.74. The average molecular weight is 287 g/mol. The molecular weight excluding hydrogens is 266 g/mol. The molecule has 112 valence electrons. The summed E-state index contributed by atoms with van der Waals surface area (Å²) in [7, 11) is 0. The van der Waals surface area contributed by atoms with Crippen LogP contribution in [-0.4, -0.2) is 33.3 Å². The van der Waals surface area contributed by atoms with E-state index in [1.54, 1.807) is 12.4 Å². The van der Waals surface area contributed by atoms with Crippen LogP contribution in [0.25, 0.3) is 0 Å². The van der Waals surface area contributed by atoms with E-state index in [4.69, 9.17) is 4.42 Å². The molecule has 1 aliphatic rings. The Labute approximate surface area is 124 Å². The van der Waals surface area contributed by atoms with E-state index >= 15 is 0 Å². The number of rotatable bonds is 4. The fraction of sp³-hybridized carbons (Fsp3) is 0.600. The number of hydrogen-bond acceptors (Lipinski definition) is 6. The van der Waals surface area contributed by atoms with Gasteiger partial charge in [0.1, 0.15) is 0 Å². The van der Waals surface area contributed by atoms with E-state index < -0.39 is 0 Å². The van der Waals surface area contributed by atoms with Crippen molar-refractivity contribution in [2.24, 2.45) is 5.92 Å². The van der Waals surface area contributed by atoms with Gasteiger partial charge in [0.05, 0.1) is 0 Å². The molecule has 0 spiro atoms. The predicted octanol–water partition coefficient (Wildman–Crippen LogP) is 2.44. The summed E-state index contributed by atoms with van der Waals surface area (Å²) in [6, 6.07) is 1.84. The molecule has 0 aliphatic carbocycles. The highest BCUT2D eigenvalue weighted by Gasteiger charge is 2.26. The van der Waals surface area contributed by atoms with Gasteiger partial charge < -0.3 is 9.32 Å². The molecule has 0 bridgehead atoms. The Hall–Kier alpha value is -1.98. The van der Waals surface area contributed by atoms with Crippen LogP contribution in [0.15, 0.2) is 22.9 Å². The largest absolute Gasteiger partial charge is 0.425 e. The first-order valence-electron chi connectivity index (χ1n) is 7.56. The lowest BCUT2D eigenvalue weighted by atomic mass is 9.97. The van der Waals surface area contributed by atoms with E-state index in [0.29, 0.717) is 11.8 Å². The van der Waals surface area contributed by atoms with Crippen molar-refractivity contribution in [2.75, 3.05) is 18.0 Å². The van der Waals surface area contributed by atoms with Gasteiger partial charge in [0.25, 0.3) is 0 Å². The zero-order valence-corrected chi connectivity index (χ0v) is 12.6. The third-order valence-electron chi connectivity index (χ3n) is 3.74. The Kier molecular flexibility index (Phi) is 4.13. The van der Waals surface area contributed by atoms with E-state index in [1.165, 1.54) is 0 Å². The van der Waals surface area contributed by atoms with Crippen LogP contribution >= 0.6 is 0 Å². The van der Waals surface area contributed by atoms with Gasteiger partial charge in [0, 0.05) is 37.8 Å². The van der Waals surface area contributed by atoms with Crippen LogP contribution in [-0.2, 0) is 6.42 Å². The number of aromatic nitrogens is 4. The van der Waals surface area contributed by atoms with Gasteiger partial charge in [0.2, 0.25) is 17.7 Å². The lowest BCUT2D eigenvalue weighted by Gasteiger charge is -2.30. The normalized spacial score (nSPS) is 16.6. The minimum atomic E-state index is 0.360. The molecule has 21 heavy (non-hydrogen) atoms. The molecule has 0 radical (unpaired) electrons. The van der Waals surface area contributed by atoms with Crippen LogP contribution in [0.5, 0.6) is 0 Å². The van der Waals surface area contributed by atoms with Gasteiger partial charge in [-0.05, 0) is 24.8 Å². The van der Waals surface area contributed by atoms with Crippen LogP contribution in [0.4, 0.5) is 5.95 Å². The summed E-state index contributed by atoms with van der Waals surface area (Å²) in [4.78, 5) is 10.8. The second-order valence-corrected chi connectivity index (χ2v) is 5.94. The Morgan fingerprint density at radius 3 is 2.57 bits per heavy atom. The van der Waals surface area contributed by atoms with Crippen LogP contribution in [0, 0.1) is 5.92 Å². The Morgan fingerprint density at radius 1 is 1.19 bits per heavy atom. The van der Waals surface area contributed by atoms with Crippen LogP contribution in [0.3, 0.4) is 0 Å². The van der Waals surface area contributed by atoms with Gasteiger partial charge in [0.15, 0.2) is 0 Å². The van der Waals surface area contributed by atoms with Gasteiger partial charge in [-0.2, -0.15) is 0 Å². The minimum absolute atomic E-state index is 0.360. The summed E-state index contributed by atoms with van der Waals surface area (Å²) in [6.07, 6.45) is 6.42. The van der Waals surface area contributed by atoms with Crippen LogP contribution in [0.2, 0.25) is 0 Å². The minimum Gasteiger partial charge on any atom is -0.425 e. The molecule has 0 unspecified atom stereocenters. The van der Waals surface area contributed by atoms with Crippen molar-refractivity contribution in [3.05, 3.63) is 30.2 Å². The van der Waals surface area contributed by atoms with E-state index in [-0.39, 0.29) is 0 Å². The first-order valence-corrected chi connectivity index (χ1v) is 7.56. The standard InChI is InChI=1S/C15H21N5O/c1-11(2)10-13-18-19-14(21-13)12-4-8-20(9-5-12)15-16-6-3-7-17-15/h3,6-7,11-12H,4-5,8-10H2,1-2H3. The van der Waals surface area contributed by atoms with Crippen molar-refractivity contribution in [3.63, 3.8) is 0 Å². The highest BCUT2D eigenvalue weighted by atomic mass is 16.4. The molecule has 3 heterocycles. The zero-order chi connectivity index (χ0) is 14.7. The molecule has 0 aromatic carbocycles. The Balaban J connectivity index is 1.59. The summed E-state index contributed by atoms with van der Waals surface area (Å²) < 4.78 is 5.80. The topological polar surface area (TPSA) is 67.9 Å². The number of anilines is 1. The quantitative estimate of drug-likeness (QED) is 0.860. The first kappa shape index (κ1) is 14.0. The molecule has 6 nitrogen and oxygen atoms in total. The maximum absolute atomic E-state index is 5.80. The van der Waals surface area contributed by atoms with Crippen molar-refractivity contribution in [3.8, 4) is 0 Å². The third kappa shape index (κ3) is 3.37. The second-order valence-electron chi connectivity index (χ2n) is 5.94. The van der Waals surface area contributed by atoms with E-state index in [9.17, 15) is 0 Å². The highest BCUT2D eigenvalue weighted by molar-refractivity contribution is 5.29. The van der Waals surface area contributed by atoms with Gasteiger partial charge >= 0.3 is 0 Å². The van der Waals surface area contributed by atoms with E-state index in [2.05, 4.69) is 38.9 Å². The fourth-order valence-electron chi connectivity index (χ4n) is 2.64. The maximum Gasteiger partial charge on any atom is 0.225 e. The van der Waals surface area contributed by atoms with Crippen molar-refractivity contribution < 1.29 is 4.42 Å². The van der Waals surface area contributed by atoms with E-state index in [0.717, 1.165) is 50.1 Å². The molecule has 6 heteroatoms. The molecular formula is C15H21N5O. The monoisotopic (exact) mass is 287 g/mol. The molecule has 0 amide bonds. The number of hydrogen-bond donors (Lipinski definition) is 0. The van der Waals surface area contributed by atoms with Crippen molar-refractivity contribution in [2.45, 2.75) is 39.0 Å². The second kappa shape index (κ2) is 6.20. The Bertz CT molecular complexity index is 560. The van der Waals surface area contributed by atoms with Crippen molar-refractivity contribution in [1.82, 2.24) is 20.2 Å². The highest BCUT2D eigenvalue weighted by Crippen LogP contribution is 2.28. The first-order chi connectivity index (χ1) is 10.2. The number of nitrogens with zero attached hydrogens (tertiary/aromatic N) is 5. The molecule has 0 atom stereocenters.